The highest BCUT2D eigenvalue weighted by Gasteiger charge is 2.40. The average Bonchev–Trinajstić information content (AvgIpc) is 2.91. The summed E-state index contributed by atoms with van der Waals surface area (Å²) in [7, 11) is 3.60. The van der Waals surface area contributed by atoms with Crippen LogP contribution in [0.5, 0.6) is 0 Å². The van der Waals surface area contributed by atoms with Crippen LogP contribution < -0.4 is 0 Å². The first-order chi connectivity index (χ1) is 10.00. The maximum atomic E-state index is 12.6. The van der Waals surface area contributed by atoms with Crippen molar-refractivity contribution in [2.24, 2.45) is 7.05 Å². The molecule has 0 radical (unpaired) electrons. The number of carbonyl (C=O) groups excluding carboxylic acids is 1. The zero-order valence-electron chi connectivity index (χ0n) is 12.7. The van der Waals surface area contributed by atoms with E-state index >= 15 is 0 Å². The summed E-state index contributed by atoms with van der Waals surface area (Å²) in [4.78, 5) is 14.3. The van der Waals surface area contributed by atoms with Crippen LogP contribution in [0.2, 0.25) is 0 Å². The molecule has 1 saturated carbocycles. The van der Waals surface area contributed by atoms with Crippen LogP contribution in [0.3, 0.4) is 0 Å². The van der Waals surface area contributed by atoms with E-state index in [0.29, 0.717) is 5.16 Å². The van der Waals surface area contributed by atoms with Gasteiger partial charge in [-0.2, -0.15) is 5.26 Å². The summed E-state index contributed by atoms with van der Waals surface area (Å²) >= 11 is 1.38. The summed E-state index contributed by atoms with van der Waals surface area (Å²) in [5.41, 5.74) is -0.635. The van der Waals surface area contributed by atoms with Gasteiger partial charge in [-0.25, -0.2) is 0 Å². The van der Waals surface area contributed by atoms with E-state index in [9.17, 15) is 10.1 Å². The van der Waals surface area contributed by atoms with E-state index < -0.39 is 5.54 Å². The molecule has 0 bridgehead atoms. The van der Waals surface area contributed by atoms with Crippen molar-refractivity contribution in [3.8, 4) is 6.07 Å². The molecule has 1 heterocycles. The number of aromatic nitrogens is 3. The van der Waals surface area contributed by atoms with Gasteiger partial charge in [0.15, 0.2) is 5.16 Å². The van der Waals surface area contributed by atoms with Crippen molar-refractivity contribution in [3.05, 3.63) is 6.33 Å². The molecule has 0 spiro atoms. The summed E-state index contributed by atoms with van der Waals surface area (Å²) in [6, 6.07) is 2.39. The Morgan fingerprint density at radius 3 is 2.71 bits per heavy atom. The number of rotatable bonds is 4. The van der Waals surface area contributed by atoms with E-state index in [4.69, 9.17) is 0 Å². The molecule has 1 aliphatic rings. The highest BCUT2D eigenvalue weighted by Crippen LogP contribution is 2.34. The van der Waals surface area contributed by atoms with Crippen LogP contribution in [0.25, 0.3) is 0 Å². The van der Waals surface area contributed by atoms with Crippen molar-refractivity contribution in [2.45, 2.75) is 55.0 Å². The number of nitriles is 1. The molecule has 0 saturated heterocycles. The fourth-order valence-corrected chi connectivity index (χ4v) is 3.61. The second-order valence-electron chi connectivity index (χ2n) is 5.59. The first-order valence-electron chi connectivity index (χ1n) is 7.20. The summed E-state index contributed by atoms with van der Waals surface area (Å²) in [5, 5.41) is 17.8. The summed E-state index contributed by atoms with van der Waals surface area (Å²) in [6.07, 6.45) is 6.32. The van der Waals surface area contributed by atoms with Gasteiger partial charge in [0.1, 0.15) is 11.9 Å². The van der Waals surface area contributed by atoms with E-state index in [-0.39, 0.29) is 11.2 Å². The number of hydrogen-bond donors (Lipinski definition) is 0. The van der Waals surface area contributed by atoms with E-state index in [1.807, 2.05) is 14.0 Å². The lowest BCUT2D eigenvalue weighted by atomic mass is 9.81. The predicted octanol–water partition coefficient (Wildman–Crippen LogP) is 1.98. The van der Waals surface area contributed by atoms with Gasteiger partial charge >= 0.3 is 0 Å². The van der Waals surface area contributed by atoms with Crippen LogP contribution in [0.4, 0.5) is 0 Å². The smallest absolute Gasteiger partial charge is 0.236 e. The molecule has 0 aliphatic heterocycles. The third-order valence-corrected chi connectivity index (χ3v) is 5.30. The largest absolute Gasteiger partial charge is 0.326 e. The standard InChI is InChI=1S/C14H21N5OS/c1-11(21-13-17-16-10-18(13)2)12(20)19(3)14(9-15)7-5-4-6-8-14/h10-11H,4-8H2,1-3H3/t11-/m0/s1. The Morgan fingerprint density at radius 2 is 2.19 bits per heavy atom. The van der Waals surface area contributed by atoms with Gasteiger partial charge in [-0.05, 0) is 19.8 Å². The number of aryl methyl sites for hydroxylation is 1. The van der Waals surface area contributed by atoms with Gasteiger partial charge in [0.2, 0.25) is 5.91 Å². The highest BCUT2D eigenvalue weighted by molar-refractivity contribution is 8.00. The molecule has 6 nitrogen and oxygen atoms in total. The first-order valence-corrected chi connectivity index (χ1v) is 8.08. The lowest BCUT2D eigenvalue weighted by Crippen LogP contribution is -2.52. The Bertz CT molecular complexity index is 544. The maximum Gasteiger partial charge on any atom is 0.236 e. The molecule has 1 amide bonds. The van der Waals surface area contributed by atoms with Crippen LogP contribution in [-0.4, -0.2) is 43.4 Å². The molecule has 1 atom stereocenters. The van der Waals surface area contributed by atoms with Gasteiger partial charge in [-0.1, -0.05) is 31.0 Å². The maximum absolute atomic E-state index is 12.6. The fourth-order valence-electron chi connectivity index (χ4n) is 2.73. The highest BCUT2D eigenvalue weighted by atomic mass is 32.2. The van der Waals surface area contributed by atoms with Crippen molar-refractivity contribution in [3.63, 3.8) is 0 Å². The van der Waals surface area contributed by atoms with Crippen molar-refractivity contribution in [1.29, 1.82) is 5.26 Å². The predicted molar refractivity (Wildman–Crippen MR) is 80.5 cm³/mol. The van der Waals surface area contributed by atoms with Crippen LogP contribution >= 0.6 is 11.8 Å². The van der Waals surface area contributed by atoms with E-state index in [1.165, 1.54) is 11.8 Å². The zero-order chi connectivity index (χ0) is 15.5. The molecular weight excluding hydrogens is 286 g/mol. The molecule has 0 aromatic carbocycles. The van der Waals surface area contributed by atoms with Crippen molar-refractivity contribution >= 4 is 17.7 Å². The SMILES string of the molecule is C[C@H](Sc1nncn1C)C(=O)N(C)C1(C#N)CCCCC1. The van der Waals surface area contributed by atoms with Crippen molar-refractivity contribution in [2.75, 3.05) is 7.05 Å². The van der Waals surface area contributed by atoms with Crippen LogP contribution in [0, 0.1) is 11.3 Å². The number of thioether (sulfide) groups is 1. The van der Waals surface area contributed by atoms with Crippen molar-refractivity contribution in [1.82, 2.24) is 19.7 Å². The number of amides is 1. The minimum Gasteiger partial charge on any atom is -0.326 e. The third kappa shape index (κ3) is 3.21. The average molecular weight is 307 g/mol. The second-order valence-corrected chi connectivity index (χ2v) is 6.89. The van der Waals surface area contributed by atoms with Gasteiger partial charge < -0.3 is 9.47 Å². The van der Waals surface area contributed by atoms with Gasteiger partial charge in [0.05, 0.1) is 11.3 Å². The molecule has 2 rings (SSSR count). The molecule has 7 heteroatoms. The molecule has 1 aromatic rings. The third-order valence-electron chi connectivity index (χ3n) is 4.16. The second kappa shape index (κ2) is 6.48. The minimum atomic E-state index is -0.635. The minimum absolute atomic E-state index is 0.0218. The van der Waals surface area contributed by atoms with Gasteiger partial charge in [0, 0.05) is 14.1 Å². The summed E-state index contributed by atoms with van der Waals surface area (Å²) in [5.74, 6) is -0.0218. The van der Waals surface area contributed by atoms with Crippen molar-refractivity contribution < 1.29 is 4.79 Å². The van der Waals surface area contributed by atoms with Crippen LogP contribution in [0.1, 0.15) is 39.0 Å². The fraction of sp³-hybridized carbons (Fsp3) is 0.714. The zero-order valence-corrected chi connectivity index (χ0v) is 13.6. The molecule has 1 aliphatic carbocycles. The Hall–Kier alpha value is -1.55. The van der Waals surface area contributed by atoms with Gasteiger partial charge in [-0.3, -0.25) is 4.79 Å². The van der Waals surface area contributed by atoms with Crippen LogP contribution in [0.15, 0.2) is 11.5 Å². The number of carbonyl (C=O) groups is 1. The summed E-state index contributed by atoms with van der Waals surface area (Å²) in [6.45, 7) is 1.85. The molecule has 1 fully saturated rings. The number of nitrogens with zero attached hydrogens (tertiary/aromatic N) is 5. The lowest BCUT2D eigenvalue weighted by molar-refractivity contribution is -0.133. The van der Waals surface area contributed by atoms with Gasteiger partial charge in [-0.15, -0.1) is 10.2 Å². The van der Waals surface area contributed by atoms with E-state index in [2.05, 4.69) is 16.3 Å². The molecule has 114 valence electrons. The van der Waals surface area contributed by atoms with E-state index in [0.717, 1.165) is 32.1 Å². The molecule has 21 heavy (non-hydrogen) atoms. The quantitative estimate of drug-likeness (QED) is 0.795. The lowest BCUT2D eigenvalue weighted by Gasteiger charge is -2.40. The molecular formula is C14H21N5OS. The Labute approximate surface area is 129 Å². The Kier molecular flexibility index (Phi) is 4.88. The Morgan fingerprint density at radius 1 is 1.52 bits per heavy atom. The molecule has 0 unspecified atom stereocenters. The monoisotopic (exact) mass is 307 g/mol. The summed E-state index contributed by atoms with van der Waals surface area (Å²) < 4.78 is 1.79. The van der Waals surface area contributed by atoms with E-state index in [1.54, 1.807) is 22.8 Å². The molecule has 1 aromatic heterocycles. The first kappa shape index (κ1) is 15.8. The topological polar surface area (TPSA) is 74.8 Å². The van der Waals surface area contributed by atoms with Gasteiger partial charge in [0.25, 0.3) is 0 Å². The number of hydrogen-bond acceptors (Lipinski definition) is 5. The molecule has 0 N–H and O–H groups in total. The van der Waals surface area contributed by atoms with Crippen LogP contribution in [-0.2, 0) is 11.8 Å². The Balaban J connectivity index is 2.07. The normalized spacial score (nSPS) is 18.8.